The maximum Gasteiger partial charge on any atom is 0.243 e. The average Bonchev–Trinajstić information content (AvgIpc) is 2.36. The summed E-state index contributed by atoms with van der Waals surface area (Å²) in [4.78, 5) is 11.1. The molecule has 3 nitrogen and oxygen atoms in total. The van der Waals surface area contributed by atoms with Crippen LogP contribution in [0.4, 0.5) is 0 Å². The van der Waals surface area contributed by atoms with Gasteiger partial charge in [0.15, 0.2) is 0 Å². The zero-order valence-electron chi connectivity index (χ0n) is 10.1. The van der Waals surface area contributed by atoms with Gasteiger partial charge in [0.1, 0.15) is 5.75 Å². The molecule has 0 aliphatic rings. The summed E-state index contributed by atoms with van der Waals surface area (Å²) in [5.41, 5.74) is 1.06. The van der Waals surface area contributed by atoms with Gasteiger partial charge >= 0.3 is 0 Å². The molecule has 0 atom stereocenters. The monoisotopic (exact) mass is 231 g/mol. The van der Waals surface area contributed by atoms with Gasteiger partial charge in [-0.05, 0) is 24.6 Å². The van der Waals surface area contributed by atoms with Crippen LogP contribution in [0.5, 0.6) is 5.75 Å². The molecule has 0 aliphatic heterocycles. The smallest absolute Gasteiger partial charge is 0.243 e. The number of nitrogens with one attached hydrogen (secondary N) is 1. The Bertz CT molecular complexity index is 405. The number of hydrogen-bond donors (Lipinski definition) is 1. The van der Waals surface area contributed by atoms with E-state index in [1.807, 2.05) is 43.3 Å². The predicted octanol–water partition coefficient (Wildman–Crippen LogP) is 2.40. The minimum Gasteiger partial charge on any atom is -0.497 e. The van der Waals surface area contributed by atoms with E-state index in [0.29, 0.717) is 6.54 Å². The van der Waals surface area contributed by atoms with Crippen molar-refractivity contribution in [1.29, 1.82) is 0 Å². The molecule has 1 amide bonds. The molecule has 0 unspecified atom stereocenters. The first-order chi connectivity index (χ1) is 8.26. The van der Waals surface area contributed by atoms with Crippen molar-refractivity contribution in [2.75, 3.05) is 13.7 Å². The Hall–Kier alpha value is -2.03. The first kappa shape index (κ1) is 13.0. The number of methoxy groups -OCH3 is 1. The molecule has 1 rings (SSSR count). The summed E-state index contributed by atoms with van der Waals surface area (Å²) in [5, 5.41) is 2.68. The van der Waals surface area contributed by atoms with Crippen LogP contribution in [0, 0.1) is 0 Å². The quantitative estimate of drug-likeness (QED) is 0.624. The van der Waals surface area contributed by atoms with E-state index >= 15 is 0 Å². The van der Waals surface area contributed by atoms with Gasteiger partial charge in [0, 0.05) is 12.6 Å². The van der Waals surface area contributed by atoms with Crippen LogP contribution in [0.2, 0.25) is 0 Å². The van der Waals surface area contributed by atoms with Gasteiger partial charge in [0.2, 0.25) is 5.91 Å². The van der Waals surface area contributed by atoms with Gasteiger partial charge in [0.25, 0.3) is 0 Å². The van der Waals surface area contributed by atoms with Gasteiger partial charge in [-0.1, -0.05) is 30.4 Å². The molecule has 0 aromatic heterocycles. The second kappa shape index (κ2) is 7.28. The van der Waals surface area contributed by atoms with Crippen LogP contribution in [0.15, 0.2) is 42.5 Å². The Morgan fingerprint density at radius 1 is 1.29 bits per heavy atom. The lowest BCUT2D eigenvalue weighted by atomic mass is 10.2. The van der Waals surface area contributed by atoms with E-state index < -0.39 is 0 Å². The van der Waals surface area contributed by atoms with Gasteiger partial charge in [-0.2, -0.15) is 0 Å². The summed E-state index contributed by atoms with van der Waals surface area (Å²) in [6.45, 7) is 2.53. The molecule has 1 N–H and O–H groups in total. The fourth-order valence-electron chi connectivity index (χ4n) is 1.26. The topological polar surface area (TPSA) is 38.3 Å². The maximum atomic E-state index is 11.1. The van der Waals surface area contributed by atoms with Crippen molar-refractivity contribution >= 4 is 12.0 Å². The van der Waals surface area contributed by atoms with E-state index in [9.17, 15) is 4.79 Å². The molecule has 0 saturated heterocycles. The first-order valence-corrected chi connectivity index (χ1v) is 5.53. The largest absolute Gasteiger partial charge is 0.497 e. The minimum atomic E-state index is -0.0770. The highest BCUT2D eigenvalue weighted by Crippen LogP contribution is 2.12. The molecule has 90 valence electrons. The molecule has 1 aromatic rings. The van der Waals surface area contributed by atoms with E-state index in [-0.39, 0.29) is 5.91 Å². The second-order valence-electron chi connectivity index (χ2n) is 3.39. The van der Waals surface area contributed by atoms with Crippen molar-refractivity contribution in [3.63, 3.8) is 0 Å². The highest BCUT2D eigenvalue weighted by Gasteiger charge is 1.90. The standard InChI is InChI=1S/C14H17NO2/c1-3-15-14(16)7-5-4-6-12-8-10-13(17-2)11-9-12/h4-11H,3H2,1-2H3,(H,15,16)/b6-4+,7-5+. The van der Waals surface area contributed by atoms with Crippen molar-refractivity contribution in [3.05, 3.63) is 48.1 Å². The molecule has 0 fully saturated rings. The molecule has 1 aromatic carbocycles. The molecular formula is C14H17NO2. The molecule has 0 spiro atoms. The fraction of sp³-hybridized carbons (Fsp3) is 0.214. The Kier molecular flexibility index (Phi) is 5.58. The van der Waals surface area contributed by atoms with E-state index in [4.69, 9.17) is 4.74 Å². The van der Waals surface area contributed by atoms with Gasteiger partial charge in [0.05, 0.1) is 7.11 Å². The van der Waals surface area contributed by atoms with Crippen molar-refractivity contribution in [2.24, 2.45) is 0 Å². The van der Waals surface area contributed by atoms with Crippen molar-refractivity contribution in [3.8, 4) is 5.75 Å². The van der Waals surface area contributed by atoms with Crippen LogP contribution in [-0.2, 0) is 4.79 Å². The highest BCUT2D eigenvalue weighted by molar-refractivity contribution is 5.87. The van der Waals surface area contributed by atoms with Crippen molar-refractivity contribution in [1.82, 2.24) is 5.32 Å². The lowest BCUT2D eigenvalue weighted by molar-refractivity contribution is -0.116. The number of rotatable bonds is 5. The summed E-state index contributed by atoms with van der Waals surface area (Å²) in [6.07, 6.45) is 6.98. The molecule has 0 bridgehead atoms. The Morgan fingerprint density at radius 2 is 2.00 bits per heavy atom. The Balaban J connectivity index is 2.50. The molecular weight excluding hydrogens is 214 g/mol. The fourth-order valence-corrected chi connectivity index (χ4v) is 1.26. The minimum absolute atomic E-state index is 0.0770. The Labute approximate surface area is 102 Å². The SMILES string of the molecule is CCNC(=O)/C=C/C=C/c1ccc(OC)cc1. The van der Waals surface area contributed by atoms with E-state index in [1.165, 1.54) is 6.08 Å². The van der Waals surface area contributed by atoms with Crippen LogP contribution in [0.1, 0.15) is 12.5 Å². The molecule has 0 radical (unpaired) electrons. The number of allylic oxidation sites excluding steroid dienone is 2. The predicted molar refractivity (Wildman–Crippen MR) is 69.9 cm³/mol. The van der Waals surface area contributed by atoms with Gasteiger partial charge in [-0.15, -0.1) is 0 Å². The maximum absolute atomic E-state index is 11.1. The Morgan fingerprint density at radius 3 is 2.59 bits per heavy atom. The third-order valence-corrected chi connectivity index (χ3v) is 2.11. The summed E-state index contributed by atoms with van der Waals surface area (Å²) in [6, 6.07) is 7.70. The highest BCUT2D eigenvalue weighted by atomic mass is 16.5. The molecule has 17 heavy (non-hydrogen) atoms. The summed E-state index contributed by atoms with van der Waals surface area (Å²) in [7, 11) is 1.64. The van der Waals surface area contributed by atoms with Crippen LogP contribution < -0.4 is 10.1 Å². The molecule has 0 aliphatic carbocycles. The van der Waals surface area contributed by atoms with E-state index in [1.54, 1.807) is 13.2 Å². The van der Waals surface area contributed by atoms with Crippen LogP contribution in [0.3, 0.4) is 0 Å². The second-order valence-corrected chi connectivity index (χ2v) is 3.39. The number of carbonyl (C=O) groups excluding carboxylic acids is 1. The summed E-state index contributed by atoms with van der Waals surface area (Å²) < 4.78 is 5.06. The van der Waals surface area contributed by atoms with Crippen molar-refractivity contribution < 1.29 is 9.53 Å². The summed E-state index contributed by atoms with van der Waals surface area (Å²) >= 11 is 0. The number of benzene rings is 1. The van der Waals surface area contributed by atoms with Gasteiger partial charge < -0.3 is 10.1 Å². The van der Waals surface area contributed by atoms with Crippen LogP contribution in [0.25, 0.3) is 6.08 Å². The number of amides is 1. The molecule has 0 heterocycles. The zero-order valence-corrected chi connectivity index (χ0v) is 10.1. The van der Waals surface area contributed by atoms with E-state index in [0.717, 1.165) is 11.3 Å². The van der Waals surface area contributed by atoms with E-state index in [2.05, 4.69) is 5.32 Å². The normalized spacial score (nSPS) is 10.9. The number of carbonyl (C=O) groups is 1. The first-order valence-electron chi connectivity index (χ1n) is 5.53. The zero-order chi connectivity index (χ0) is 12.5. The summed E-state index contributed by atoms with van der Waals surface area (Å²) in [5.74, 6) is 0.756. The lowest BCUT2D eigenvalue weighted by Gasteiger charge is -1.98. The third-order valence-electron chi connectivity index (χ3n) is 2.11. The van der Waals surface area contributed by atoms with Gasteiger partial charge in [-0.3, -0.25) is 4.79 Å². The number of likely N-dealkylation sites (N-methyl/N-ethyl adjacent to an activating group) is 1. The lowest BCUT2D eigenvalue weighted by Crippen LogP contribution is -2.19. The van der Waals surface area contributed by atoms with Crippen molar-refractivity contribution in [2.45, 2.75) is 6.92 Å². The third kappa shape index (κ3) is 5.02. The van der Waals surface area contributed by atoms with Gasteiger partial charge in [-0.25, -0.2) is 0 Å². The average molecular weight is 231 g/mol. The van der Waals surface area contributed by atoms with Crippen LogP contribution >= 0.6 is 0 Å². The van der Waals surface area contributed by atoms with Crippen LogP contribution in [-0.4, -0.2) is 19.6 Å². The number of ether oxygens (including phenoxy) is 1. The molecule has 3 heteroatoms. The number of hydrogen-bond acceptors (Lipinski definition) is 2. The molecule has 0 saturated carbocycles.